The normalized spacial score (nSPS) is 11.2. The van der Waals surface area contributed by atoms with E-state index in [1.807, 2.05) is 18.2 Å². The number of nitrogens with one attached hydrogen (secondary N) is 1. The van der Waals surface area contributed by atoms with Crippen molar-refractivity contribution in [2.24, 2.45) is 0 Å². The fraction of sp³-hybridized carbons (Fsp3) is 0.533. The molecule has 0 aliphatic rings. The van der Waals surface area contributed by atoms with E-state index in [1.54, 1.807) is 0 Å². The summed E-state index contributed by atoms with van der Waals surface area (Å²) in [6.45, 7) is 7.36. The molecule has 0 aromatic heterocycles. The smallest absolute Gasteiger partial charge is 0.308 e. The number of esters is 1. The summed E-state index contributed by atoms with van der Waals surface area (Å²) in [6.07, 6.45) is 0.249. The first-order valence-corrected chi connectivity index (χ1v) is 7.34. The fourth-order valence-electron chi connectivity index (χ4n) is 1.53. The first-order chi connectivity index (χ1) is 9.31. The number of hydrogen-bond acceptors (Lipinski definition) is 4. The van der Waals surface area contributed by atoms with E-state index in [0.29, 0.717) is 13.2 Å². The second kappa shape index (κ2) is 7.64. The predicted octanol–water partition coefficient (Wildman–Crippen LogP) is 3.28. The number of halogens is 1. The summed E-state index contributed by atoms with van der Waals surface area (Å²) < 4.78 is 11.3. The van der Waals surface area contributed by atoms with Crippen molar-refractivity contribution in [2.75, 3.05) is 13.7 Å². The van der Waals surface area contributed by atoms with Gasteiger partial charge in [0.25, 0.3) is 0 Å². The number of hydrogen-bond donors (Lipinski definition) is 1. The van der Waals surface area contributed by atoms with E-state index in [4.69, 9.17) is 4.74 Å². The predicted molar refractivity (Wildman–Crippen MR) is 82.9 cm³/mol. The van der Waals surface area contributed by atoms with Crippen molar-refractivity contribution < 1.29 is 14.3 Å². The highest BCUT2D eigenvalue weighted by molar-refractivity contribution is 9.10. The Morgan fingerprint density at radius 2 is 2.05 bits per heavy atom. The molecule has 0 aliphatic heterocycles. The summed E-state index contributed by atoms with van der Waals surface area (Å²) in [5.74, 6) is 0.519. The second-order valence-electron chi connectivity index (χ2n) is 5.53. The standard InChI is InChI=1S/C15H22BrNO3/c1-15(2,3)17-10-11-9-12(16)5-6-13(11)20-8-7-14(18)19-4/h5-6,9,17H,7-8,10H2,1-4H3. The van der Waals surface area contributed by atoms with Gasteiger partial charge in [-0.15, -0.1) is 0 Å². The summed E-state index contributed by atoms with van der Waals surface area (Å²) >= 11 is 3.46. The van der Waals surface area contributed by atoms with Crippen LogP contribution in [0, 0.1) is 0 Å². The minimum Gasteiger partial charge on any atom is -0.493 e. The zero-order chi connectivity index (χ0) is 15.2. The van der Waals surface area contributed by atoms with Gasteiger partial charge >= 0.3 is 5.97 Å². The van der Waals surface area contributed by atoms with Crippen LogP contribution in [0.2, 0.25) is 0 Å². The van der Waals surface area contributed by atoms with Gasteiger partial charge in [-0.25, -0.2) is 0 Å². The Labute approximate surface area is 129 Å². The lowest BCUT2D eigenvalue weighted by atomic mass is 10.1. The second-order valence-corrected chi connectivity index (χ2v) is 6.45. The summed E-state index contributed by atoms with van der Waals surface area (Å²) in [5.41, 5.74) is 1.09. The molecule has 0 heterocycles. The van der Waals surface area contributed by atoms with Gasteiger partial charge in [-0.1, -0.05) is 15.9 Å². The van der Waals surface area contributed by atoms with Gasteiger partial charge in [0.1, 0.15) is 5.75 Å². The lowest BCUT2D eigenvalue weighted by molar-refractivity contribution is -0.141. The van der Waals surface area contributed by atoms with Gasteiger partial charge in [-0.05, 0) is 39.0 Å². The minimum atomic E-state index is -0.267. The molecule has 0 unspecified atom stereocenters. The SMILES string of the molecule is COC(=O)CCOc1ccc(Br)cc1CNC(C)(C)C. The maximum Gasteiger partial charge on any atom is 0.308 e. The van der Waals surface area contributed by atoms with Gasteiger partial charge in [0.05, 0.1) is 20.1 Å². The molecule has 0 bridgehead atoms. The van der Waals surface area contributed by atoms with Crippen molar-refractivity contribution in [1.82, 2.24) is 5.32 Å². The number of benzene rings is 1. The number of carbonyl (C=O) groups excluding carboxylic acids is 1. The molecule has 0 spiro atoms. The van der Waals surface area contributed by atoms with E-state index in [1.165, 1.54) is 7.11 Å². The fourth-order valence-corrected chi connectivity index (χ4v) is 1.94. The van der Waals surface area contributed by atoms with Gasteiger partial charge in [-0.3, -0.25) is 4.79 Å². The molecule has 1 N–H and O–H groups in total. The lowest BCUT2D eigenvalue weighted by Crippen LogP contribution is -2.35. The van der Waals surface area contributed by atoms with Gasteiger partial charge in [-0.2, -0.15) is 0 Å². The molecule has 0 saturated carbocycles. The third kappa shape index (κ3) is 6.39. The van der Waals surface area contributed by atoms with Crippen LogP contribution in [0.1, 0.15) is 32.8 Å². The molecule has 0 amide bonds. The van der Waals surface area contributed by atoms with Crippen LogP contribution >= 0.6 is 15.9 Å². The van der Waals surface area contributed by atoms with E-state index >= 15 is 0 Å². The van der Waals surface area contributed by atoms with Crippen LogP contribution in [0.15, 0.2) is 22.7 Å². The van der Waals surface area contributed by atoms with Crippen molar-refractivity contribution in [3.63, 3.8) is 0 Å². The molecular formula is C15H22BrNO3. The molecule has 1 aromatic carbocycles. The molecule has 1 aromatic rings. The molecule has 0 radical (unpaired) electrons. The first kappa shape index (κ1) is 17.0. The minimum absolute atomic E-state index is 0.0333. The highest BCUT2D eigenvalue weighted by Gasteiger charge is 2.12. The lowest BCUT2D eigenvalue weighted by Gasteiger charge is -2.21. The molecule has 5 heteroatoms. The molecule has 112 valence electrons. The summed E-state index contributed by atoms with van der Waals surface area (Å²) in [7, 11) is 1.38. The first-order valence-electron chi connectivity index (χ1n) is 6.55. The van der Waals surface area contributed by atoms with Crippen LogP contribution in [-0.2, 0) is 16.1 Å². The maximum absolute atomic E-state index is 11.1. The molecule has 0 saturated heterocycles. The zero-order valence-corrected chi connectivity index (χ0v) is 14.0. The third-order valence-electron chi connectivity index (χ3n) is 2.62. The quantitative estimate of drug-likeness (QED) is 0.805. The summed E-state index contributed by atoms with van der Waals surface area (Å²) in [4.78, 5) is 11.1. The molecule has 1 rings (SSSR count). The number of methoxy groups -OCH3 is 1. The largest absolute Gasteiger partial charge is 0.493 e. The molecule has 0 fully saturated rings. The Balaban J connectivity index is 2.67. The molecule has 0 aliphatic carbocycles. The average Bonchev–Trinajstić information content (AvgIpc) is 2.37. The van der Waals surface area contributed by atoms with Gasteiger partial charge in [0.15, 0.2) is 0 Å². The highest BCUT2D eigenvalue weighted by atomic mass is 79.9. The maximum atomic E-state index is 11.1. The molecule has 4 nitrogen and oxygen atoms in total. The van der Waals surface area contributed by atoms with Crippen molar-refractivity contribution >= 4 is 21.9 Å². The topological polar surface area (TPSA) is 47.6 Å². The van der Waals surface area contributed by atoms with E-state index in [0.717, 1.165) is 15.8 Å². The van der Waals surface area contributed by atoms with E-state index < -0.39 is 0 Å². The van der Waals surface area contributed by atoms with Crippen molar-refractivity contribution in [2.45, 2.75) is 39.3 Å². The summed E-state index contributed by atoms with van der Waals surface area (Å²) in [6, 6.07) is 5.85. The van der Waals surface area contributed by atoms with Crippen LogP contribution in [0.4, 0.5) is 0 Å². The van der Waals surface area contributed by atoms with Crippen molar-refractivity contribution in [3.05, 3.63) is 28.2 Å². The van der Waals surface area contributed by atoms with Gasteiger partial charge < -0.3 is 14.8 Å². The number of ether oxygens (including phenoxy) is 2. The van der Waals surface area contributed by atoms with Crippen molar-refractivity contribution in [1.29, 1.82) is 0 Å². The van der Waals surface area contributed by atoms with Gasteiger partial charge in [0, 0.05) is 22.1 Å². The van der Waals surface area contributed by atoms with E-state index in [9.17, 15) is 4.79 Å². The van der Waals surface area contributed by atoms with Crippen LogP contribution in [-0.4, -0.2) is 25.2 Å². The Hall–Kier alpha value is -1.07. The van der Waals surface area contributed by atoms with Crippen LogP contribution < -0.4 is 10.1 Å². The Kier molecular flexibility index (Phi) is 6.49. The van der Waals surface area contributed by atoms with E-state index in [-0.39, 0.29) is 17.9 Å². The van der Waals surface area contributed by atoms with E-state index in [2.05, 4.69) is 46.8 Å². The number of rotatable bonds is 6. The van der Waals surface area contributed by atoms with Crippen LogP contribution in [0.25, 0.3) is 0 Å². The average molecular weight is 344 g/mol. The molecule has 0 atom stereocenters. The van der Waals surface area contributed by atoms with Crippen LogP contribution in [0.5, 0.6) is 5.75 Å². The Morgan fingerprint density at radius 3 is 2.65 bits per heavy atom. The Bertz CT molecular complexity index is 455. The third-order valence-corrected chi connectivity index (χ3v) is 3.12. The summed E-state index contributed by atoms with van der Waals surface area (Å²) in [5, 5.41) is 3.42. The molecule has 20 heavy (non-hydrogen) atoms. The van der Waals surface area contributed by atoms with Gasteiger partial charge in [0.2, 0.25) is 0 Å². The van der Waals surface area contributed by atoms with Crippen LogP contribution in [0.3, 0.4) is 0 Å². The number of carbonyl (C=O) groups is 1. The zero-order valence-electron chi connectivity index (χ0n) is 12.5. The highest BCUT2D eigenvalue weighted by Crippen LogP contribution is 2.24. The van der Waals surface area contributed by atoms with Crippen molar-refractivity contribution in [3.8, 4) is 5.75 Å². The monoisotopic (exact) mass is 343 g/mol. The Morgan fingerprint density at radius 1 is 1.35 bits per heavy atom. The molecular weight excluding hydrogens is 322 g/mol.